The van der Waals surface area contributed by atoms with E-state index in [1.165, 1.54) is 109 Å². The van der Waals surface area contributed by atoms with Gasteiger partial charge in [-0.2, -0.15) is 0 Å². The molecule has 70 heavy (non-hydrogen) atoms. The van der Waals surface area contributed by atoms with Crippen molar-refractivity contribution in [3.63, 3.8) is 0 Å². The number of phosphoric acid groups is 1. The fourth-order valence-corrected chi connectivity index (χ4v) is 8.62. The maximum Gasteiger partial charge on any atom is 0.472 e. The number of rotatable bonds is 53. The molecule has 0 aromatic rings. The summed E-state index contributed by atoms with van der Waals surface area (Å²) in [4.78, 5) is 48.4. The number of ether oxygens (including phenoxy) is 3. The lowest BCUT2D eigenvalue weighted by Gasteiger charge is -2.21. The smallest absolute Gasteiger partial charge is 0.462 e. The first-order valence-electron chi connectivity index (χ1n) is 28.5. The van der Waals surface area contributed by atoms with Gasteiger partial charge in [0.05, 0.1) is 19.8 Å². The molecular formula is C58H105O11P. The van der Waals surface area contributed by atoms with Crippen LogP contribution in [0.2, 0.25) is 0 Å². The van der Waals surface area contributed by atoms with Crippen molar-refractivity contribution >= 4 is 25.7 Å². The van der Waals surface area contributed by atoms with Gasteiger partial charge in [-0.1, -0.05) is 217 Å². The number of carbonyl (C=O) groups is 3. The number of phosphoric ester groups is 1. The average Bonchev–Trinajstić information content (AvgIpc) is 3.35. The van der Waals surface area contributed by atoms with E-state index in [1.807, 2.05) is 0 Å². The van der Waals surface area contributed by atoms with Crippen molar-refractivity contribution in [2.75, 3.05) is 26.4 Å². The van der Waals surface area contributed by atoms with Gasteiger partial charge in [-0.25, -0.2) is 4.57 Å². The second-order valence-electron chi connectivity index (χ2n) is 19.1. The van der Waals surface area contributed by atoms with E-state index in [4.69, 9.17) is 23.3 Å². The van der Waals surface area contributed by atoms with Gasteiger partial charge < -0.3 is 24.2 Å². The summed E-state index contributed by atoms with van der Waals surface area (Å²) in [5.41, 5.74) is 0. The van der Waals surface area contributed by atoms with Crippen LogP contribution in [0.1, 0.15) is 265 Å². The number of esters is 3. The van der Waals surface area contributed by atoms with Gasteiger partial charge in [-0.3, -0.25) is 23.4 Å². The highest BCUT2D eigenvalue weighted by Gasteiger charge is 2.28. The fourth-order valence-electron chi connectivity index (χ4n) is 7.84. The molecule has 12 heteroatoms. The largest absolute Gasteiger partial charge is 0.472 e. The van der Waals surface area contributed by atoms with Crippen LogP contribution in [-0.4, -0.2) is 66.5 Å². The van der Waals surface area contributed by atoms with Gasteiger partial charge in [-0.15, -0.1) is 0 Å². The molecule has 3 unspecified atom stereocenters. The molecule has 0 aliphatic heterocycles. The van der Waals surface area contributed by atoms with Crippen LogP contribution >= 0.6 is 7.82 Å². The van der Waals surface area contributed by atoms with Crippen LogP contribution in [0.3, 0.4) is 0 Å². The molecule has 0 aromatic heterocycles. The summed E-state index contributed by atoms with van der Waals surface area (Å²) in [5.74, 6) is -1.47. The molecule has 0 aliphatic carbocycles. The van der Waals surface area contributed by atoms with E-state index in [1.54, 1.807) is 0 Å². The average molecular weight is 1010 g/mol. The lowest BCUT2D eigenvalue weighted by Crippen LogP contribution is -2.30. The van der Waals surface area contributed by atoms with Gasteiger partial charge in [-0.05, 0) is 77.0 Å². The molecule has 0 radical (unpaired) electrons. The molecule has 0 fully saturated rings. The number of allylic oxidation sites excluding steroid dienone is 8. The Kier molecular flexibility index (Phi) is 50.8. The van der Waals surface area contributed by atoms with Crippen LogP contribution in [0, 0.1) is 0 Å². The molecule has 2 N–H and O–H groups in total. The van der Waals surface area contributed by atoms with Gasteiger partial charge in [0.2, 0.25) is 0 Å². The lowest BCUT2D eigenvalue weighted by atomic mass is 10.1. The molecule has 0 heterocycles. The van der Waals surface area contributed by atoms with Crippen molar-refractivity contribution in [3.8, 4) is 0 Å². The standard InChI is InChI=1S/C58H105O11P/c1-4-7-10-13-16-19-22-24-25-26-27-28-29-31-34-37-40-43-46-49-58(62)69-55(51-65-56(60)47-44-41-38-35-32-21-18-15-12-9-6-3)53-67-70(63,64)66-52-54(50-59)68-57(61)48-45-42-39-36-33-30-23-20-17-14-11-8-5-2/h11,14,16,19-20,23-25,54-55,59H,4-10,12-13,15,17-18,21-22,26-53H2,1-3H3,(H,63,64)/b14-11-,19-16-,23-20-,25-24-. The summed E-state index contributed by atoms with van der Waals surface area (Å²) in [7, 11) is -4.74. The molecule has 0 aliphatic rings. The number of hydrogen-bond donors (Lipinski definition) is 2. The quantitative estimate of drug-likeness (QED) is 0.0197. The van der Waals surface area contributed by atoms with Crippen molar-refractivity contribution in [1.29, 1.82) is 0 Å². The van der Waals surface area contributed by atoms with Crippen LogP contribution in [0.15, 0.2) is 48.6 Å². The van der Waals surface area contributed by atoms with Crippen LogP contribution in [-0.2, 0) is 42.2 Å². The highest BCUT2D eigenvalue weighted by Crippen LogP contribution is 2.43. The molecule has 0 saturated carbocycles. The molecule has 0 bridgehead atoms. The lowest BCUT2D eigenvalue weighted by molar-refractivity contribution is -0.161. The van der Waals surface area contributed by atoms with E-state index >= 15 is 0 Å². The number of unbranched alkanes of at least 4 members (excludes halogenated alkanes) is 28. The predicted molar refractivity (Wildman–Crippen MR) is 289 cm³/mol. The van der Waals surface area contributed by atoms with Crippen molar-refractivity contribution in [2.45, 2.75) is 277 Å². The summed E-state index contributed by atoms with van der Waals surface area (Å²) < 4.78 is 39.5. The van der Waals surface area contributed by atoms with Gasteiger partial charge in [0.1, 0.15) is 12.7 Å². The zero-order valence-corrected chi connectivity index (χ0v) is 45.9. The third kappa shape index (κ3) is 50.4. The Morgan fingerprint density at radius 2 is 0.729 bits per heavy atom. The molecule has 0 rings (SSSR count). The van der Waals surface area contributed by atoms with E-state index in [-0.39, 0.29) is 25.9 Å². The maximum atomic E-state index is 12.9. The van der Waals surface area contributed by atoms with Crippen LogP contribution < -0.4 is 0 Å². The van der Waals surface area contributed by atoms with E-state index in [2.05, 4.69) is 69.4 Å². The molecule has 0 amide bonds. The summed E-state index contributed by atoms with van der Waals surface area (Å²) in [6.07, 6.45) is 55.0. The summed E-state index contributed by atoms with van der Waals surface area (Å²) in [6.45, 7) is 4.55. The third-order valence-corrected chi connectivity index (χ3v) is 13.2. The Bertz CT molecular complexity index is 1360. The minimum Gasteiger partial charge on any atom is -0.462 e. The first-order valence-corrected chi connectivity index (χ1v) is 30.0. The van der Waals surface area contributed by atoms with Gasteiger partial charge in [0.25, 0.3) is 0 Å². The van der Waals surface area contributed by atoms with E-state index in [9.17, 15) is 28.9 Å². The molecule has 11 nitrogen and oxygen atoms in total. The summed E-state index contributed by atoms with van der Waals surface area (Å²) >= 11 is 0. The molecule has 0 aromatic carbocycles. The summed E-state index contributed by atoms with van der Waals surface area (Å²) in [5, 5.41) is 9.79. The monoisotopic (exact) mass is 1010 g/mol. The zero-order valence-electron chi connectivity index (χ0n) is 45.0. The van der Waals surface area contributed by atoms with Crippen molar-refractivity contribution < 1.29 is 52.2 Å². The van der Waals surface area contributed by atoms with Crippen molar-refractivity contribution in [3.05, 3.63) is 48.6 Å². The Morgan fingerprint density at radius 1 is 0.400 bits per heavy atom. The minimum atomic E-state index is -4.74. The van der Waals surface area contributed by atoms with Crippen molar-refractivity contribution in [2.24, 2.45) is 0 Å². The SMILES string of the molecule is CCC/C=C\C/C=C\CCCCCCCC(=O)OC(CO)COP(=O)(O)OCC(COC(=O)CCCCCCCCCCCCC)OC(=O)CCCCCCCCCCC/C=C\C/C=C\CCCCC. The van der Waals surface area contributed by atoms with E-state index in [0.717, 1.165) is 96.3 Å². The number of aliphatic hydroxyl groups is 1. The highest BCUT2D eigenvalue weighted by molar-refractivity contribution is 7.47. The molecule has 3 atom stereocenters. The van der Waals surface area contributed by atoms with Gasteiger partial charge >= 0.3 is 25.7 Å². The first-order chi connectivity index (χ1) is 34.2. The van der Waals surface area contributed by atoms with Crippen LogP contribution in [0.4, 0.5) is 0 Å². The zero-order chi connectivity index (χ0) is 51.3. The molecule has 0 spiro atoms. The second kappa shape index (κ2) is 52.8. The Morgan fingerprint density at radius 3 is 1.14 bits per heavy atom. The van der Waals surface area contributed by atoms with Crippen LogP contribution in [0.25, 0.3) is 0 Å². The van der Waals surface area contributed by atoms with Crippen LogP contribution in [0.5, 0.6) is 0 Å². The summed E-state index contributed by atoms with van der Waals surface area (Å²) in [6, 6.07) is 0. The van der Waals surface area contributed by atoms with Gasteiger partial charge in [0, 0.05) is 19.3 Å². The third-order valence-electron chi connectivity index (χ3n) is 12.2. The Labute approximate surface area is 428 Å². The predicted octanol–water partition coefficient (Wildman–Crippen LogP) is 16.6. The normalized spacial score (nSPS) is 13.7. The topological polar surface area (TPSA) is 155 Å². The Hall–Kier alpha value is -2.56. The molecule has 408 valence electrons. The number of hydrogen-bond acceptors (Lipinski definition) is 10. The number of carbonyl (C=O) groups excluding carboxylic acids is 3. The second-order valence-corrected chi connectivity index (χ2v) is 20.6. The minimum absolute atomic E-state index is 0.162. The molecule has 0 saturated heterocycles. The fraction of sp³-hybridized carbons (Fsp3) is 0.810. The Balaban J connectivity index is 4.69. The van der Waals surface area contributed by atoms with E-state index in [0.29, 0.717) is 19.3 Å². The molecular weight excluding hydrogens is 904 g/mol. The van der Waals surface area contributed by atoms with Gasteiger partial charge in [0.15, 0.2) is 6.10 Å². The van der Waals surface area contributed by atoms with E-state index < -0.39 is 57.8 Å². The maximum absolute atomic E-state index is 12.9. The number of aliphatic hydroxyl groups excluding tert-OH is 1. The van der Waals surface area contributed by atoms with Crippen molar-refractivity contribution in [1.82, 2.24) is 0 Å². The first kappa shape index (κ1) is 67.4. The highest BCUT2D eigenvalue weighted by atomic mass is 31.2.